The fourth-order valence-electron chi connectivity index (χ4n) is 5.36. The molecule has 7 nitrogen and oxygen atoms in total. The van der Waals surface area contributed by atoms with Crippen molar-refractivity contribution in [2.24, 2.45) is 0 Å². The van der Waals surface area contributed by atoms with Crippen molar-refractivity contribution in [1.82, 2.24) is 19.8 Å². The van der Waals surface area contributed by atoms with Crippen molar-refractivity contribution in [3.8, 4) is 0 Å². The van der Waals surface area contributed by atoms with E-state index >= 15 is 0 Å². The normalized spacial score (nSPS) is 24.2. The summed E-state index contributed by atoms with van der Waals surface area (Å²) < 4.78 is 6.00. The molecular weight excluding hydrogens is 414 g/mol. The van der Waals surface area contributed by atoms with Gasteiger partial charge in [-0.25, -0.2) is 14.8 Å². The molecule has 33 heavy (non-hydrogen) atoms. The number of carbonyl (C=O) groups excluding carboxylic acids is 1. The molecule has 3 aliphatic heterocycles. The zero-order valence-corrected chi connectivity index (χ0v) is 19.5. The van der Waals surface area contributed by atoms with Crippen LogP contribution in [0, 0.1) is 0 Å². The molecule has 3 saturated heterocycles. The van der Waals surface area contributed by atoms with Gasteiger partial charge in [-0.15, -0.1) is 0 Å². The van der Waals surface area contributed by atoms with Gasteiger partial charge in [-0.05, 0) is 56.7 Å². The monoisotopic (exact) mass is 449 g/mol. The van der Waals surface area contributed by atoms with Gasteiger partial charge in [0.25, 0.3) is 0 Å². The molecule has 1 aromatic carbocycles. The van der Waals surface area contributed by atoms with Crippen molar-refractivity contribution in [2.75, 3.05) is 44.2 Å². The molecule has 3 fully saturated rings. The number of piperidine rings is 1. The predicted octanol–water partition coefficient (Wildman–Crippen LogP) is 3.89. The van der Waals surface area contributed by atoms with E-state index < -0.39 is 0 Å². The van der Waals surface area contributed by atoms with Gasteiger partial charge in [0, 0.05) is 45.3 Å². The molecule has 176 valence electrons. The third kappa shape index (κ3) is 5.46. The predicted molar refractivity (Wildman–Crippen MR) is 128 cm³/mol. The number of ether oxygens (including phenoxy) is 1. The van der Waals surface area contributed by atoms with Crippen LogP contribution >= 0.6 is 0 Å². The van der Waals surface area contributed by atoms with Crippen molar-refractivity contribution >= 4 is 12.0 Å². The number of nitrogens with zero attached hydrogens (tertiary/aromatic N) is 5. The van der Waals surface area contributed by atoms with Crippen molar-refractivity contribution < 1.29 is 9.53 Å². The van der Waals surface area contributed by atoms with E-state index in [4.69, 9.17) is 9.72 Å². The van der Waals surface area contributed by atoms with Gasteiger partial charge >= 0.3 is 6.09 Å². The van der Waals surface area contributed by atoms with Crippen LogP contribution in [0.3, 0.4) is 0 Å². The molecule has 0 radical (unpaired) electrons. The van der Waals surface area contributed by atoms with Gasteiger partial charge < -0.3 is 14.5 Å². The standard InChI is InChI=1S/C26H35N5O2/c32-25-31(18-11-22-8-3-1-4-9-22)21-26(33-25)12-7-15-29(19-13-26)20-23-10-14-27-24(28-23)30-16-5-2-6-17-30/h1,3-4,8-10,14H,2,5-7,11-13,15-21H2. The minimum Gasteiger partial charge on any atom is -0.441 e. The smallest absolute Gasteiger partial charge is 0.410 e. The summed E-state index contributed by atoms with van der Waals surface area (Å²) in [6.45, 7) is 6.29. The first-order valence-electron chi connectivity index (χ1n) is 12.5. The fourth-order valence-corrected chi connectivity index (χ4v) is 5.36. The Morgan fingerprint density at radius 2 is 1.79 bits per heavy atom. The number of anilines is 1. The molecule has 4 heterocycles. The molecule has 2 aromatic rings. The largest absolute Gasteiger partial charge is 0.441 e. The lowest BCUT2D eigenvalue weighted by Crippen LogP contribution is -2.36. The molecule has 1 spiro atoms. The minimum atomic E-state index is -0.340. The van der Waals surface area contributed by atoms with Crippen molar-refractivity contribution in [3.63, 3.8) is 0 Å². The van der Waals surface area contributed by atoms with E-state index in [1.54, 1.807) is 0 Å². The topological polar surface area (TPSA) is 61.8 Å². The van der Waals surface area contributed by atoms with Crippen LogP contribution in [0.15, 0.2) is 42.6 Å². The lowest BCUT2D eigenvalue weighted by molar-refractivity contribution is 0.0442. The minimum absolute atomic E-state index is 0.152. The molecule has 1 unspecified atom stereocenters. The lowest BCUT2D eigenvalue weighted by atomic mass is 9.95. The Bertz CT molecular complexity index is 933. The Kier molecular flexibility index (Phi) is 6.76. The first-order valence-corrected chi connectivity index (χ1v) is 12.5. The molecule has 5 rings (SSSR count). The Hall–Kier alpha value is -2.67. The second-order valence-electron chi connectivity index (χ2n) is 9.73. The van der Waals surface area contributed by atoms with Crippen LogP contribution in [0.5, 0.6) is 0 Å². The Morgan fingerprint density at radius 1 is 0.939 bits per heavy atom. The second kappa shape index (κ2) is 10.1. The molecule has 0 N–H and O–H groups in total. The third-order valence-electron chi connectivity index (χ3n) is 7.27. The highest BCUT2D eigenvalue weighted by Crippen LogP contribution is 2.33. The van der Waals surface area contributed by atoms with Gasteiger partial charge in [-0.2, -0.15) is 0 Å². The number of amides is 1. The Morgan fingerprint density at radius 3 is 2.64 bits per heavy atom. The molecule has 7 heteroatoms. The maximum absolute atomic E-state index is 12.6. The number of hydrogen-bond acceptors (Lipinski definition) is 6. The summed E-state index contributed by atoms with van der Waals surface area (Å²) in [7, 11) is 0. The summed E-state index contributed by atoms with van der Waals surface area (Å²) in [5, 5.41) is 0. The third-order valence-corrected chi connectivity index (χ3v) is 7.27. The fraction of sp³-hybridized carbons (Fsp3) is 0.577. The number of aromatic nitrogens is 2. The summed E-state index contributed by atoms with van der Waals surface area (Å²) >= 11 is 0. The zero-order chi connectivity index (χ0) is 22.5. The van der Waals surface area contributed by atoms with Gasteiger partial charge in [0.1, 0.15) is 5.60 Å². The van der Waals surface area contributed by atoms with Crippen molar-refractivity contribution in [1.29, 1.82) is 0 Å². The Balaban J connectivity index is 1.16. The maximum atomic E-state index is 12.6. The summed E-state index contributed by atoms with van der Waals surface area (Å²) in [6, 6.07) is 12.4. The van der Waals surface area contributed by atoms with Crippen LogP contribution in [0.25, 0.3) is 0 Å². The molecule has 1 aromatic heterocycles. The quantitative estimate of drug-likeness (QED) is 0.667. The van der Waals surface area contributed by atoms with Crippen LogP contribution in [0.2, 0.25) is 0 Å². The van der Waals surface area contributed by atoms with Gasteiger partial charge in [-0.3, -0.25) is 4.90 Å². The van der Waals surface area contributed by atoms with Crippen LogP contribution in [0.4, 0.5) is 10.7 Å². The van der Waals surface area contributed by atoms with Crippen LogP contribution < -0.4 is 4.90 Å². The van der Waals surface area contributed by atoms with E-state index in [1.165, 1.54) is 24.8 Å². The average Bonchev–Trinajstić information content (AvgIpc) is 3.04. The van der Waals surface area contributed by atoms with Crippen LogP contribution in [-0.2, 0) is 17.7 Å². The van der Waals surface area contributed by atoms with E-state index in [2.05, 4.69) is 26.9 Å². The van der Waals surface area contributed by atoms with E-state index in [0.29, 0.717) is 13.1 Å². The SMILES string of the molecule is O=C1OC2(CCCN(Cc3ccnc(N4CCCCC4)n3)CC2)CN1CCc1ccccc1. The average molecular weight is 450 g/mol. The molecule has 0 saturated carbocycles. The highest BCUT2D eigenvalue weighted by atomic mass is 16.6. The second-order valence-corrected chi connectivity index (χ2v) is 9.73. The van der Waals surface area contributed by atoms with Gasteiger partial charge in [-0.1, -0.05) is 30.3 Å². The van der Waals surface area contributed by atoms with Crippen molar-refractivity contribution in [3.05, 3.63) is 53.9 Å². The van der Waals surface area contributed by atoms with Crippen LogP contribution in [-0.4, -0.2) is 70.7 Å². The van der Waals surface area contributed by atoms with E-state index in [-0.39, 0.29) is 11.7 Å². The summed E-state index contributed by atoms with van der Waals surface area (Å²) in [4.78, 5) is 28.7. The molecule has 3 aliphatic rings. The number of carbonyl (C=O) groups is 1. The molecule has 0 bridgehead atoms. The summed E-state index contributed by atoms with van der Waals surface area (Å²) in [5.74, 6) is 0.872. The maximum Gasteiger partial charge on any atom is 0.410 e. The first kappa shape index (κ1) is 22.1. The highest BCUT2D eigenvalue weighted by molar-refractivity contribution is 5.70. The first-order chi connectivity index (χ1) is 16.2. The van der Waals surface area contributed by atoms with Gasteiger partial charge in [0.2, 0.25) is 5.95 Å². The van der Waals surface area contributed by atoms with E-state index in [9.17, 15) is 4.79 Å². The highest BCUT2D eigenvalue weighted by Gasteiger charge is 2.45. The molecule has 0 aliphatic carbocycles. The summed E-state index contributed by atoms with van der Waals surface area (Å²) in [6.07, 6.45) is 9.21. The van der Waals surface area contributed by atoms with Crippen molar-refractivity contribution in [2.45, 2.75) is 57.1 Å². The van der Waals surface area contributed by atoms with E-state index in [1.807, 2.05) is 35.4 Å². The number of rotatable bonds is 6. The molecule has 1 amide bonds. The lowest BCUT2D eigenvalue weighted by Gasteiger charge is -2.27. The number of benzene rings is 1. The van der Waals surface area contributed by atoms with E-state index in [0.717, 1.165) is 70.0 Å². The van der Waals surface area contributed by atoms with Gasteiger partial charge in [0.15, 0.2) is 0 Å². The number of hydrogen-bond donors (Lipinski definition) is 0. The zero-order valence-electron chi connectivity index (χ0n) is 19.5. The molecule has 1 atom stereocenters. The summed E-state index contributed by atoms with van der Waals surface area (Å²) in [5.41, 5.74) is 1.99. The molecular formula is C26H35N5O2. The van der Waals surface area contributed by atoms with Gasteiger partial charge in [0.05, 0.1) is 12.2 Å². The number of likely N-dealkylation sites (tertiary alicyclic amines) is 1. The Labute approximate surface area is 196 Å². The van der Waals surface area contributed by atoms with Crippen LogP contribution in [0.1, 0.15) is 49.8 Å².